The van der Waals surface area contributed by atoms with Gasteiger partial charge >= 0.3 is 6.09 Å². The second-order valence-electron chi connectivity index (χ2n) is 8.31. The van der Waals surface area contributed by atoms with Gasteiger partial charge in [-0.25, -0.2) is 13.6 Å². The molecule has 1 fully saturated rings. The number of morpholine rings is 1. The van der Waals surface area contributed by atoms with Crippen molar-refractivity contribution in [3.8, 4) is 0 Å². The molecule has 2 amide bonds. The number of nitrogens with one attached hydrogen (secondary N) is 1. The molecule has 1 saturated heterocycles. The van der Waals surface area contributed by atoms with Crippen molar-refractivity contribution < 1.29 is 27.8 Å². The highest BCUT2D eigenvalue weighted by Crippen LogP contribution is 2.26. The van der Waals surface area contributed by atoms with Crippen LogP contribution < -0.4 is 5.32 Å². The van der Waals surface area contributed by atoms with E-state index in [1.54, 1.807) is 49.9 Å². The van der Waals surface area contributed by atoms with Crippen LogP contribution >= 0.6 is 0 Å². The van der Waals surface area contributed by atoms with E-state index in [-0.39, 0.29) is 19.1 Å². The van der Waals surface area contributed by atoms with Crippen LogP contribution in [-0.2, 0) is 14.3 Å². The summed E-state index contributed by atoms with van der Waals surface area (Å²) < 4.78 is 37.9. The van der Waals surface area contributed by atoms with E-state index in [0.717, 1.165) is 12.1 Å². The number of alkyl carbamates (subject to hydrolysis) is 1. The van der Waals surface area contributed by atoms with Crippen LogP contribution in [0.15, 0.2) is 48.5 Å². The highest BCUT2D eigenvalue weighted by molar-refractivity contribution is 5.87. The normalized spacial score (nSPS) is 17.7. The van der Waals surface area contributed by atoms with Gasteiger partial charge in [-0.3, -0.25) is 4.79 Å². The summed E-state index contributed by atoms with van der Waals surface area (Å²) in [5.74, 6) is -2.26. The standard InChI is InChI=1S/C23H26F2N2O4/c1-23(2,3)31-22(29)26-20(15-7-5-4-6-8-15)21(28)27-11-12-30-19(14-27)16-9-10-17(24)18(25)13-16/h4-10,13,19-20H,11-12,14H2,1-3H3,(H,26,29)/t19?,20-/m0/s1. The molecule has 0 aliphatic carbocycles. The van der Waals surface area contributed by atoms with Gasteiger partial charge in [0.25, 0.3) is 0 Å². The molecule has 0 aromatic heterocycles. The lowest BCUT2D eigenvalue weighted by atomic mass is 10.0. The Morgan fingerprint density at radius 2 is 1.84 bits per heavy atom. The second-order valence-corrected chi connectivity index (χ2v) is 8.31. The number of ether oxygens (including phenoxy) is 2. The fourth-order valence-electron chi connectivity index (χ4n) is 3.30. The molecule has 1 aliphatic heterocycles. The van der Waals surface area contributed by atoms with Crippen LogP contribution in [0.2, 0.25) is 0 Å². The zero-order valence-electron chi connectivity index (χ0n) is 17.7. The number of hydrogen-bond acceptors (Lipinski definition) is 4. The van der Waals surface area contributed by atoms with Crippen molar-refractivity contribution in [3.63, 3.8) is 0 Å². The van der Waals surface area contributed by atoms with E-state index in [9.17, 15) is 18.4 Å². The Kier molecular flexibility index (Phi) is 6.90. The molecule has 1 N–H and O–H groups in total. The molecular weight excluding hydrogens is 406 g/mol. The predicted octanol–water partition coefficient (Wildman–Crippen LogP) is 4.13. The Morgan fingerprint density at radius 3 is 2.48 bits per heavy atom. The molecule has 2 aromatic rings. The third-order valence-corrected chi connectivity index (χ3v) is 4.73. The SMILES string of the molecule is CC(C)(C)OC(=O)N[C@H](C(=O)N1CCOC(c2ccc(F)c(F)c2)C1)c1ccccc1. The number of hydrogen-bond donors (Lipinski definition) is 1. The number of amides is 2. The Balaban J connectivity index is 1.79. The minimum atomic E-state index is -0.974. The van der Waals surface area contributed by atoms with Crippen molar-refractivity contribution in [2.75, 3.05) is 19.7 Å². The van der Waals surface area contributed by atoms with Crippen molar-refractivity contribution in [2.24, 2.45) is 0 Å². The molecule has 6 nitrogen and oxygen atoms in total. The first-order chi connectivity index (χ1) is 14.6. The largest absolute Gasteiger partial charge is 0.444 e. The highest BCUT2D eigenvalue weighted by Gasteiger charge is 2.33. The van der Waals surface area contributed by atoms with Gasteiger partial charge in [-0.2, -0.15) is 0 Å². The van der Waals surface area contributed by atoms with Crippen LogP contribution in [0.1, 0.15) is 44.0 Å². The van der Waals surface area contributed by atoms with E-state index in [2.05, 4.69) is 5.32 Å². The maximum Gasteiger partial charge on any atom is 0.408 e. The van der Waals surface area contributed by atoms with Crippen LogP contribution in [0.3, 0.4) is 0 Å². The molecule has 0 radical (unpaired) electrons. The van der Waals surface area contributed by atoms with E-state index in [0.29, 0.717) is 17.7 Å². The molecule has 31 heavy (non-hydrogen) atoms. The van der Waals surface area contributed by atoms with E-state index >= 15 is 0 Å². The van der Waals surface area contributed by atoms with Crippen LogP contribution in [0, 0.1) is 11.6 Å². The Morgan fingerprint density at radius 1 is 1.13 bits per heavy atom. The fraction of sp³-hybridized carbons (Fsp3) is 0.391. The van der Waals surface area contributed by atoms with E-state index in [4.69, 9.17) is 9.47 Å². The van der Waals surface area contributed by atoms with Crippen molar-refractivity contribution in [3.05, 3.63) is 71.3 Å². The van der Waals surface area contributed by atoms with Crippen molar-refractivity contribution in [2.45, 2.75) is 38.5 Å². The predicted molar refractivity (Wildman–Crippen MR) is 110 cm³/mol. The molecular formula is C23H26F2N2O4. The van der Waals surface area contributed by atoms with Crippen LogP contribution in [0.25, 0.3) is 0 Å². The molecule has 166 valence electrons. The number of nitrogens with zero attached hydrogens (tertiary/aromatic N) is 1. The molecule has 1 aliphatic rings. The maximum absolute atomic E-state index is 13.6. The van der Waals surface area contributed by atoms with Gasteiger partial charge in [-0.05, 0) is 44.0 Å². The van der Waals surface area contributed by atoms with Crippen molar-refractivity contribution in [1.82, 2.24) is 10.2 Å². The zero-order chi connectivity index (χ0) is 22.6. The number of carbonyl (C=O) groups is 2. The summed E-state index contributed by atoms with van der Waals surface area (Å²) in [4.78, 5) is 27.3. The quantitative estimate of drug-likeness (QED) is 0.789. The van der Waals surface area contributed by atoms with Crippen LogP contribution in [0.5, 0.6) is 0 Å². The summed E-state index contributed by atoms with van der Waals surface area (Å²) in [7, 11) is 0. The van der Waals surface area contributed by atoms with E-state index < -0.39 is 35.5 Å². The molecule has 0 saturated carbocycles. The van der Waals surface area contributed by atoms with Gasteiger partial charge in [0.2, 0.25) is 5.91 Å². The summed E-state index contributed by atoms with van der Waals surface area (Å²) in [5.41, 5.74) is 0.326. The molecule has 0 bridgehead atoms. The Hall–Kier alpha value is -3.00. The molecule has 1 unspecified atom stereocenters. The summed E-state index contributed by atoms with van der Waals surface area (Å²) in [6, 6.07) is 11.4. The molecule has 2 atom stereocenters. The van der Waals surface area contributed by atoms with Crippen LogP contribution in [0.4, 0.5) is 13.6 Å². The summed E-state index contributed by atoms with van der Waals surface area (Å²) in [6.45, 7) is 5.88. The average Bonchev–Trinajstić information content (AvgIpc) is 2.73. The van der Waals surface area contributed by atoms with Gasteiger partial charge < -0.3 is 19.7 Å². The monoisotopic (exact) mass is 432 g/mol. The van der Waals surface area contributed by atoms with Gasteiger partial charge in [0.15, 0.2) is 11.6 Å². The minimum Gasteiger partial charge on any atom is -0.444 e. The smallest absolute Gasteiger partial charge is 0.408 e. The van der Waals surface area contributed by atoms with Gasteiger partial charge in [-0.1, -0.05) is 36.4 Å². The maximum atomic E-state index is 13.6. The third kappa shape index (κ3) is 6.01. The number of carbonyl (C=O) groups excluding carboxylic acids is 2. The lowest BCUT2D eigenvalue weighted by molar-refractivity contribution is -0.141. The van der Waals surface area contributed by atoms with E-state index in [1.807, 2.05) is 6.07 Å². The summed E-state index contributed by atoms with van der Waals surface area (Å²) >= 11 is 0. The van der Waals surface area contributed by atoms with E-state index in [1.165, 1.54) is 6.07 Å². The number of halogens is 2. The highest BCUT2D eigenvalue weighted by atomic mass is 19.2. The lowest BCUT2D eigenvalue weighted by Crippen LogP contribution is -2.48. The van der Waals surface area contributed by atoms with Crippen LogP contribution in [-0.4, -0.2) is 42.2 Å². The Labute approximate surface area is 180 Å². The molecule has 2 aromatic carbocycles. The number of benzene rings is 2. The van der Waals surface area contributed by atoms with Crippen molar-refractivity contribution in [1.29, 1.82) is 0 Å². The second kappa shape index (κ2) is 9.43. The first-order valence-corrected chi connectivity index (χ1v) is 10.0. The fourth-order valence-corrected chi connectivity index (χ4v) is 3.30. The van der Waals surface area contributed by atoms with Gasteiger partial charge in [0, 0.05) is 6.54 Å². The van der Waals surface area contributed by atoms with Crippen molar-refractivity contribution >= 4 is 12.0 Å². The lowest BCUT2D eigenvalue weighted by Gasteiger charge is -2.35. The third-order valence-electron chi connectivity index (χ3n) is 4.73. The molecule has 0 spiro atoms. The molecule has 3 rings (SSSR count). The zero-order valence-corrected chi connectivity index (χ0v) is 17.7. The molecule has 1 heterocycles. The Bertz CT molecular complexity index is 931. The first-order valence-electron chi connectivity index (χ1n) is 10.0. The van der Waals surface area contributed by atoms with Gasteiger partial charge in [0.1, 0.15) is 17.7 Å². The van der Waals surface area contributed by atoms with Gasteiger partial charge in [-0.15, -0.1) is 0 Å². The number of rotatable bonds is 4. The topological polar surface area (TPSA) is 67.9 Å². The summed E-state index contributed by atoms with van der Waals surface area (Å²) in [5, 5.41) is 2.66. The average molecular weight is 432 g/mol. The van der Waals surface area contributed by atoms with Gasteiger partial charge in [0.05, 0.1) is 13.2 Å². The summed E-state index contributed by atoms with van der Waals surface area (Å²) in [6.07, 6.45) is -1.31. The molecule has 8 heteroatoms. The minimum absolute atomic E-state index is 0.142. The first kappa shape index (κ1) is 22.7.